The van der Waals surface area contributed by atoms with Crippen LogP contribution < -0.4 is 5.73 Å². The Kier molecular flexibility index (Phi) is 2.73. The second kappa shape index (κ2) is 4.03. The number of carbonyl (C=O) groups excluding carboxylic acids is 1. The van der Waals surface area contributed by atoms with Gasteiger partial charge >= 0.3 is 0 Å². The minimum absolute atomic E-state index is 0.0753. The molecule has 2 atom stereocenters. The lowest BCUT2D eigenvalue weighted by Gasteiger charge is -2.24. The molecule has 2 rings (SSSR count). The maximum atomic E-state index is 11.7. The van der Waals surface area contributed by atoms with Gasteiger partial charge in [-0.15, -0.1) is 0 Å². The van der Waals surface area contributed by atoms with Gasteiger partial charge in [0.05, 0.1) is 12.1 Å². The van der Waals surface area contributed by atoms with Gasteiger partial charge in [-0.1, -0.05) is 30.3 Å². The lowest BCUT2D eigenvalue weighted by atomic mass is 10.1. The van der Waals surface area contributed by atoms with Gasteiger partial charge < -0.3 is 10.6 Å². The second-order valence-electron chi connectivity index (χ2n) is 4.01. The van der Waals surface area contributed by atoms with Crippen LogP contribution in [0.1, 0.15) is 24.9 Å². The van der Waals surface area contributed by atoms with Gasteiger partial charge in [0.15, 0.2) is 0 Å². The molecule has 0 spiro atoms. The molecule has 0 saturated carbocycles. The summed E-state index contributed by atoms with van der Waals surface area (Å²) in [6, 6.07) is 9.89. The first-order chi connectivity index (χ1) is 7.20. The topological polar surface area (TPSA) is 46.3 Å². The van der Waals surface area contributed by atoms with Crippen molar-refractivity contribution in [2.24, 2.45) is 5.73 Å². The molecule has 1 aromatic rings. The minimum Gasteiger partial charge on any atom is -0.335 e. The number of amides is 1. The number of rotatable bonds is 2. The fourth-order valence-electron chi connectivity index (χ4n) is 2.02. The molecule has 0 radical (unpaired) electrons. The molecule has 1 aliphatic rings. The van der Waals surface area contributed by atoms with Gasteiger partial charge in [0.25, 0.3) is 0 Å². The molecule has 15 heavy (non-hydrogen) atoms. The summed E-state index contributed by atoms with van der Waals surface area (Å²) in [7, 11) is 0. The van der Waals surface area contributed by atoms with Crippen LogP contribution in [0.25, 0.3) is 0 Å². The molecule has 0 bridgehead atoms. The summed E-state index contributed by atoms with van der Waals surface area (Å²) in [5.41, 5.74) is 6.86. The third-order valence-electron chi connectivity index (χ3n) is 3.03. The Balaban J connectivity index is 2.16. The summed E-state index contributed by atoms with van der Waals surface area (Å²) in [5.74, 6) is 0.0753. The van der Waals surface area contributed by atoms with Crippen LogP contribution in [0.5, 0.6) is 0 Å². The summed E-state index contributed by atoms with van der Waals surface area (Å²) in [4.78, 5) is 13.6. The number of nitrogens with zero attached hydrogens (tertiary/aromatic N) is 1. The van der Waals surface area contributed by atoms with E-state index in [9.17, 15) is 4.79 Å². The van der Waals surface area contributed by atoms with Gasteiger partial charge in [-0.25, -0.2) is 0 Å². The van der Waals surface area contributed by atoms with Crippen molar-refractivity contribution in [3.8, 4) is 0 Å². The summed E-state index contributed by atoms with van der Waals surface area (Å²) >= 11 is 0. The number of likely N-dealkylation sites (tertiary alicyclic amines) is 1. The zero-order valence-electron chi connectivity index (χ0n) is 8.89. The largest absolute Gasteiger partial charge is 0.335 e. The molecule has 3 nitrogen and oxygen atoms in total. The maximum absolute atomic E-state index is 11.7. The van der Waals surface area contributed by atoms with Crippen molar-refractivity contribution in [3.05, 3.63) is 35.9 Å². The highest BCUT2D eigenvalue weighted by molar-refractivity contribution is 5.84. The first kappa shape index (κ1) is 10.2. The molecule has 0 aliphatic carbocycles. The molecule has 1 amide bonds. The van der Waals surface area contributed by atoms with Gasteiger partial charge in [-0.2, -0.15) is 0 Å². The van der Waals surface area contributed by atoms with E-state index in [2.05, 4.69) is 0 Å². The van der Waals surface area contributed by atoms with E-state index >= 15 is 0 Å². The smallest absolute Gasteiger partial charge is 0.240 e. The molecule has 1 aliphatic heterocycles. The zero-order chi connectivity index (χ0) is 10.8. The van der Waals surface area contributed by atoms with E-state index in [-0.39, 0.29) is 18.0 Å². The van der Waals surface area contributed by atoms with Gasteiger partial charge in [0, 0.05) is 6.54 Å². The molecular weight excluding hydrogens is 188 g/mol. The lowest BCUT2D eigenvalue weighted by molar-refractivity contribution is -0.130. The quantitative estimate of drug-likeness (QED) is 0.789. The fraction of sp³-hybridized carbons (Fsp3) is 0.417. The molecule has 2 N–H and O–H groups in total. The van der Waals surface area contributed by atoms with Gasteiger partial charge in [-0.05, 0) is 18.9 Å². The monoisotopic (exact) mass is 204 g/mol. The van der Waals surface area contributed by atoms with Crippen LogP contribution in [-0.4, -0.2) is 23.4 Å². The highest BCUT2D eigenvalue weighted by Crippen LogP contribution is 2.24. The van der Waals surface area contributed by atoms with E-state index in [0.717, 1.165) is 13.0 Å². The van der Waals surface area contributed by atoms with E-state index in [1.807, 2.05) is 42.2 Å². The normalized spacial score (nSPS) is 23.2. The summed E-state index contributed by atoms with van der Waals surface area (Å²) in [6.07, 6.45) is 0.774. The Morgan fingerprint density at radius 2 is 2.07 bits per heavy atom. The van der Waals surface area contributed by atoms with Crippen LogP contribution in [0.4, 0.5) is 0 Å². The van der Waals surface area contributed by atoms with E-state index < -0.39 is 0 Å². The van der Waals surface area contributed by atoms with Crippen molar-refractivity contribution < 1.29 is 4.79 Å². The standard InChI is InChI=1S/C12H16N2O/c1-9(10-5-3-2-4-6-10)14-8-7-11(13)12(14)15/h2-6,9,11H,7-8,13H2,1H3. The first-order valence-corrected chi connectivity index (χ1v) is 5.31. The number of benzene rings is 1. The van der Waals surface area contributed by atoms with Crippen LogP contribution in [0.3, 0.4) is 0 Å². The third kappa shape index (κ3) is 1.88. The van der Waals surface area contributed by atoms with Crippen molar-refractivity contribution >= 4 is 5.91 Å². The van der Waals surface area contributed by atoms with Crippen LogP contribution >= 0.6 is 0 Å². The Hall–Kier alpha value is -1.35. The van der Waals surface area contributed by atoms with Crippen molar-refractivity contribution in [1.29, 1.82) is 0 Å². The van der Waals surface area contributed by atoms with Crippen molar-refractivity contribution in [2.75, 3.05) is 6.54 Å². The summed E-state index contributed by atoms with van der Waals surface area (Å²) in [6.45, 7) is 2.82. The predicted octanol–water partition coefficient (Wildman–Crippen LogP) is 1.31. The average Bonchev–Trinajstić information content (AvgIpc) is 2.60. The van der Waals surface area contributed by atoms with Crippen LogP contribution in [-0.2, 0) is 4.79 Å². The number of hydrogen-bond donors (Lipinski definition) is 1. The van der Waals surface area contributed by atoms with Crippen molar-refractivity contribution in [2.45, 2.75) is 25.4 Å². The molecule has 1 saturated heterocycles. The lowest BCUT2D eigenvalue weighted by Crippen LogP contribution is -2.35. The Morgan fingerprint density at radius 3 is 2.60 bits per heavy atom. The minimum atomic E-state index is -0.295. The number of hydrogen-bond acceptors (Lipinski definition) is 2. The SMILES string of the molecule is CC(c1ccccc1)N1CCC(N)C1=O. The Bertz CT molecular complexity index is 350. The molecule has 1 fully saturated rings. The second-order valence-corrected chi connectivity index (χ2v) is 4.01. The van der Waals surface area contributed by atoms with Gasteiger partial charge in [0.2, 0.25) is 5.91 Å². The van der Waals surface area contributed by atoms with Crippen molar-refractivity contribution in [3.63, 3.8) is 0 Å². The van der Waals surface area contributed by atoms with Crippen LogP contribution in [0, 0.1) is 0 Å². The molecule has 80 valence electrons. The van der Waals surface area contributed by atoms with E-state index in [1.165, 1.54) is 5.56 Å². The Morgan fingerprint density at radius 1 is 1.40 bits per heavy atom. The first-order valence-electron chi connectivity index (χ1n) is 5.31. The van der Waals surface area contributed by atoms with Crippen molar-refractivity contribution in [1.82, 2.24) is 4.90 Å². The maximum Gasteiger partial charge on any atom is 0.240 e. The van der Waals surface area contributed by atoms with Gasteiger partial charge in [-0.3, -0.25) is 4.79 Å². The van der Waals surface area contributed by atoms with Crippen LogP contribution in [0.15, 0.2) is 30.3 Å². The Labute approximate surface area is 89.9 Å². The van der Waals surface area contributed by atoms with Gasteiger partial charge in [0.1, 0.15) is 0 Å². The highest BCUT2D eigenvalue weighted by atomic mass is 16.2. The van der Waals surface area contributed by atoms with E-state index in [0.29, 0.717) is 0 Å². The number of nitrogens with two attached hydrogens (primary N) is 1. The third-order valence-corrected chi connectivity index (χ3v) is 3.03. The predicted molar refractivity (Wildman–Crippen MR) is 59.2 cm³/mol. The summed E-state index contributed by atoms with van der Waals surface area (Å²) in [5, 5.41) is 0. The molecule has 1 aromatic carbocycles. The van der Waals surface area contributed by atoms with Crippen LogP contribution in [0.2, 0.25) is 0 Å². The number of carbonyl (C=O) groups is 1. The molecule has 3 heteroatoms. The molecule has 1 heterocycles. The highest BCUT2D eigenvalue weighted by Gasteiger charge is 2.31. The molecule has 0 aromatic heterocycles. The average molecular weight is 204 g/mol. The fourth-order valence-corrected chi connectivity index (χ4v) is 2.02. The molecule has 2 unspecified atom stereocenters. The molecular formula is C12H16N2O. The summed E-state index contributed by atoms with van der Waals surface area (Å²) < 4.78 is 0. The zero-order valence-corrected chi connectivity index (χ0v) is 8.89. The van der Waals surface area contributed by atoms with E-state index in [4.69, 9.17) is 5.73 Å². The van der Waals surface area contributed by atoms with E-state index in [1.54, 1.807) is 0 Å².